The maximum Gasteiger partial charge on any atom is 0.337 e. The molecule has 0 saturated carbocycles. The van der Waals surface area contributed by atoms with E-state index < -0.39 is 40.2 Å². The average Bonchev–Trinajstić information content (AvgIpc) is 1.49. The summed E-state index contributed by atoms with van der Waals surface area (Å²) in [5, 5.41) is 59.0. The Labute approximate surface area is 671 Å². The molecule has 4 N–H and O–H groups in total. The van der Waals surface area contributed by atoms with Gasteiger partial charge in [0.05, 0.1) is 97.3 Å². The van der Waals surface area contributed by atoms with E-state index in [1.54, 1.807) is 66.7 Å². The topological polar surface area (TPSA) is 369 Å². The third kappa shape index (κ3) is 17.0. The minimum atomic E-state index is -0.984. The Morgan fingerprint density at radius 3 is 1.01 bits per heavy atom. The van der Waals surface area contributed by atoms with E-state index in [9.17, 15) is 53.8 Å². The summed E-state index contributed by atoms with van der Waals surface area (Å²) in [5.41, 5.74) is 15.9. The minimum Gasteiger partial charge on any atom is -0.478 e. The predicted molar refractivity (Wildman–Crippen MR) is 424 cm³/mol. The van der Waals surface area contributed by atoms with Gasteiger partial charge in [-0.2, -0.15) is 15.7 Å². The van der Waals surface area contributed by atoms with Gasteiger partial charge >= 0.3 is 47.8 Å². The van der Waals surface area contributed by atoms with E-state index in [1.165, 1.54) is 42.5 Å². The van der Waals surface area contributed by atoms with E-state index in [0.29, 0.717) is 115 Å². The Kier molecular flexibility index (Phi) is 25.8. The standard InChI is InChI=1S/C24H26N4O4.C24H25NO4.C22H22N4O4.C20H17NO4/c1-14(2)13-24(23-25-27-28-26-23)19-9-7-17(21(29)31-3)11-15(19)5-6-16-12-18(22(30)32-4)8-10-20(16)24;1-15(2)14-24(25-3)20-10-8-18(22(26)28-4)12-16(20)6-7-17-13-19(23(27)29-5)9-11-21(17)24;1-12(2)11-22(21-23-25-26-24-21)17-7-5-15(19(27)28)9-13(17)3-4-14-10-16(20(29)30)6-8-18(14)22;1-12(22)25-16-6-8-18-14(10-16)4-3-13-9-15(20(23)24-2)5-7-17(13)19(18)11-21/h7-12,14H,5-6,13H2,1-4H3,(H,25,26,27,28);8-13,15H,6-7,14H2,1-2,4-5H3;5-10,12H,3-4,11H2,1-2H3,(H,27,28)(H,29,30)(H,23,24,25,26);5-10,19H,3-4H2,1-2H3. The molecule has 1 atom stereocenters. The van der Waals surface area contributed by atoms with E-state index in [0.717, 1.165) is 95.4 Å². The number of ether oxygens (including phenoxy) is 6. The first-order valence-corrected chi connectivity index (χ1v) is 38.0. The zero-order valence-electron chi connectivity index (χ0n) is 66.6. The van der Waals surface area contributed by atoms with Crippen LogP contribution in [0, 0.1) is 35.7 Å². The molecule has 0 radical (unpaired) electrons. The lowest BCUT2D eigenvalue weighted by atomic mass is 9.67. The second kappa shape index (κ2) is 35.8. The molecule has 0 saturated heterocycles. The van der Waals surface area contributed by atoms with Crippen molar-refractivity contribution in [3.63, 3.8) is 0 Å². The van der Waals surface area contributed by atoms with Crippen LogP contribution < -0.4 is 4.74 Å². The Hall–Kier alpha value is -13.4. The van der Waals surface area contributed by atoms with E-state index in [-0.39, 0.29) is 52.8 Å². The van der Waals surface area contributed by atoms with Gasteiger partial charge in [0.2, 0.25) is 0 Å². The summed E-state index contributed by atoms with van der Waals surface area (Å²) in [7, 11) is 6.82. The number of carboxylic acid groups (broad SMARTS) is 2. The van der Waals surface area contributed by atoms with Gasteiger partial charge in [0.1, 0.15) is 5.75 Å². The summed E-state index contributed by atoms with van der Waals surface area (Å²) in [6.07, 6.45) is 7.31. The van der Waals surface area contributed by atoms with Crippen LogP contribution in [-0.4, -0.2) is 135 Å². The number of nitriles is 1. The number of carbonyl (C=O) groups excluding carboxylic acids is 6. The third-order valence-corrected chi connectivity index (χ3v) is 21.7. The molecule has 14 rings (SSSR count). The van der Waals surface area contributed by atoms with Gasteiger partial charge in [-0.3, -0.25) is 9.64 Å². The van der Waals surface area contributed by atoms with Gasteiger partial charge in [-0.25, -0.2) is 40.1 Å². The first-order valence-electron chi connectivity index (χ1n) is 38.0. The van der Waals surface area contributed by atoms with Crippen LogP contribution in [0.4, 0.5) is 0 Å². The predicted octanol–water partition coefficient (Wildman–Crippen LogP) is 14.0. The van der Waals surface area contributed by atoms with Crippen LogP contribution in [0.2, 0.25) is 0 Å². The second-order valence-corrected chi connectivity index (χ2v) is 30.3. The number of nitrogens with one attached hydrogen (secondary N) is 2. The maximum atomic E-state index is 12.2. The summed E-state index contributed by atoms with van der Waals surface area (Å²) in [6, 6.07) is 45.6. The van der Waals surface area contributed by atoms with Crippen LogP contribution in [0.3, 0.4) is 0 Å². The molecule has 0 bridgehead atoms. The van der Waals surface area contributed by atoms with Crippen molar-refractivity contribution in [1.29, 1.82) is 5.26 Å². The number of aromatic carboxylic acids is 2. The van der Waals surface area contributed by atoms with Crippen LogP contribution in [0.25, 0.3) is 4.85 Å². The number of tetrazole rings is 2. The van der Waals surface area contributed by atoms with Gasteiger partial charge in [-0.15, -0.1) is 20.4 Å². The van der Waals surface area contributed by atoms with Gasteiger partial charge in [0.25, 0.3) is 5.54 Å². The summed E-state index contributed by atoms with van der Waals surface area (Å²) < 4.78 is 29.5. The molecule has 8 aromatic carbocycles. The van der Waals surface area contributed by atoms with E-state index in [1.807, 2.05) is 78.9 Å². The number of hydrogen-bond donors (Lipinski definition) is 4. The van der Waals surface area contributed by atoms with Crippen molar-refractivity contribution in [1.82, 2.24) is 41.2 Å². The molecule has 0 aliphatic heterocycles. The van der Waals surface area contributed by atoms with Gasteiger partial charge in [0, 0.05) is 24.5 Å². The molecule has 10 aromatic rings. The van der Waals surface area contributed by atoms with Gasteiger partial charge in [-0.1, -0.05) is 88.4 Å². The summed E-state index contributed by atoms with van der Waals surface area (Å²) in [5.74, 6) is -2.34. The Balaban J connectivity index is 0.000000153. The summed E-state index contributed by atoms with van der Waals surface area (Å²) in [4.78, 5) is 98.7. The Morgan fingerprint density at radius 1 is 0.431 bits per heavy atom. The monoisotopic (exact) mass is 1570 g/mol. The van der Waals surface area contributed by atoms with Crippen molar-refractivity contribution in [3.05, 3.63) is 297 Å². The van der Waals surface area contributed by atoms with Crippen molar-refractivity contribution in [2.24, 2.45) is 17.8 Å². The second-order valence-electron chi connectivity index (χ2n) is 30.3. The number of esters is 6. The Morgan fingerprint density at radius 2 is 0.716 bits per heavy atom. The molecule has 1 unspecified atom stereocenters. The first kappa shape index (κ1) is 83.6. The summed E-state index contributed by atoms with van der Waals surface area (Å²) >= 11 is 0. The van der Waals surface area contributed by atoms with Crippen molar-refractivity contribution in [2.75, 3.05) is 35.5 Å². The fourth-order valence-electron chi connectivity index (χ4n) is 17.0. The zero-order chi connectivity index (χ0) is 83.5. The molecular weight excluding hydrogens is 1480 g/mol. The SMILES string of the molecule is CC(C)CC1(c2nn[nH]n2)c2ccc(C(=O)O)cc2CCc2cc(C(=O)O)ccc21.COC(=O)c1ccc2c(c1)CCc1cc(C(=O)OC)ccc1C2(CC(C)C)c1nn[nH]n1.COC(=O)c1ccc2c(c1)CCc1cc(OC(C)=O)ccc1C2C#N.[C-]#[N+]C1(CC(C)C)c2ccc(C(=O)OC)cc2CCc2cc(C(=O)OC)ccc21. The third-order valence-electron chi connectivity index (χ3n) is 21.7. The number of carbonyl (C=O) groups is 8. The number of aromatic nitrogens is 8. The highest BCUT2D eigenvalue weighted by Crippen LogP contribution is 2.51. The van der Waals surface area contributed by atoms with E-state index >= 15 is 0 Å². The number of H-pyrrole nitrogens is 2. The Bertz CT molecular complexity index is 5320. The molecule has 0 spiro atoms. The number of carboxylic acids is 2. The highest BCUT2D eigenvalue weighted by molar-refractivity contribution is 5.93. The number of methoxy groups -OCH3 is 5. The molecule has 116 heavy (non-hydrogen) atoms. The number of rotatable bonds is 16. The lowest BCUT2D eigenvalue weighted by molar-refractivity contribution is -0.131. The van der Waals surface area contributed by atoms with E-state index in [2.05, 4.69) is 93.7 Å². The minimum absolute atomic E-state index is 0.220. The quantitative estimate of drug-likeness (QED) is 0.0302. The number of fused-ring (bicyclic) bond motifs is 8. The highest BCUT2D eigenvalue weighted by Gasteiger charge is 2.49. The van der Waals surface area contributed by atoms with Crippen LogP contribution >= 0.6 is 0 Å². The number of hydrogen-bond acceptors (Lipinski definition) is 21. The molecule has 26 nitrogen and oxygen atoms in total. The molecular formula is C90H90N10O16. The van der Waals surface area contributed by atoms with E-state index in [4.69, 9.17) is 35.0 Å². The van der Waals surface area contributed by atoms with Crippen molar-refractivity contribution in [2.45, 2.75) is 141 Å². The van der Waals surface area contributed by atoms with Crippen molar-refractivity contribution < 1.29 is 77.0 Å². The van der Waals surface area contributed by atoms with Gasteiger partial charge in [0.15, 0.2) is 11.6 Å². The van der Waals surface area contributed by atoms with Gasteiger partial charge in [-0.05, 0) is 269 Å². The maximum absolute atomic E-state index is 12.2. The van der Waals surface area contributed by atoms with Crippen LogP contribution in [0.5, 0.6) is 5.75 Å². The number of benzene rings is 8. The van der Waals surface area contributed by atoms with Crippen LogP contribution in [-0.2, 0) is 96.2 Å². The smallest absolute Gasteiger partial charge is 0.337 e. The number of nitrogens with zero attached hydrogens (tertiary/aromatic N) is 8. The largest absolute Gasteiger partial charge is 0.478 e. The van der Waals surface area contributed by atoms with Crippen LogP contribution in [0.15, 0.2) is 146 Å². The molecule has 26 heteroatoms. The lowest BCUT2D eigenvalue weighted by Gasteiger charge is -2.35. The molecule has 2 heterocycles. The van der Waals surface area contributed by atoms with Gasteiger partial charge < -0.3 is 38.6 Å². The fraction of sp³-hybridized carbons (Fsp3) is 0.333. The molecule has 0 fully saturated rings. The zero-order valence-corrected chi connectivity index (χ0v) is 66.6. The molecule has 2 aromatic heterocycles. The van der Waals surface area contributed by atoms with Crippen LogP contribution in [0.1, 0.15) is 247 Å². The molecule has 4 aliphatic rings. The number of aromatic amines is 2. The fourth-order valence-corrected chi connectivity index (χ4v) is 17.0. The lowest BCUT2D eigenvalue weighted by Crippen LogP contribution is -2.34. The number of aryl methyl sites for hydroxylation is 8. The average molecular weight is 1570 g/mol. The first-order chi connectivity index (χ1) is 55.6. The van der Waals surface area contributed by atoms with Crippen molar-refractivity contribution >= 4 is 47.8 Å². The molecule has 596 valence electrons. The highest BCUT2D eigenvalue weighted by atomic mass is 16.5. The molecule has 4 aliphatic carbocycles. The normalized spacial score (nSPS) is 14.5. The van der Waals surface area contributed by atoms with Crippen molar-refractivity contribution in [3.8, 4) is 11.8 Å². The summed E-state index contributed by atoms with van der Waals surface area (Å²) in [6.45, 7) is 22.2. The molecule has 0 amide bonds.